The van der Waals surface area contributed by atoms with Gasteiger partial charge in [-0.05, 0) is 41.9 Å². The first-order valence-electron chi connectivity index (χ1n) is 5.70. The third-order valence-electron chi connectivity index (χ3n) is 3.17. The van der Waals surface area contributed by atoms with E-state index in [-0.39, 0.29) is 11.5 Å². The highest BCUT2D eigenvalue weighted by Crippen LogP contribution is 2.55. The summed E-state index contributed by atoms with van der Waals surface area (Å²) in [6, 6.07) is 5.46. The number of halogens is 1. The number of hydrogen-bond acceptors (Lipinski definition) is 4. The summed E-state index contributed by atoms with van der Waals surface area (Å²) in [5.41, 5.74) is 0.892. The first-order chi connectivity index (χ1) is 9.00. The molecule has 0 saturated heterocycles. The minimum Gasteiger partial charge on any atom is -0.504 e. The number of ether oxygens (including phenoxy) is 2. The molecule has 0 amide bonds. The van der Waals surface area contributed by atoms with E-state index in [9.17, 15) is 10.2 Å². The van der Waals surface area contributed by atoms with Crippen LogP contribution in [0.5, 0.6) is 34.5 Å². The Balaban J connectivity index is 2.26. The summed E-state index contributed by atoms with van der Waals surface area (Å²) in [5.74, 6) is 1.61. The molecule has 2 aromatic rings. The van der Waals surface area contributed by atoms with Gasteiger partial charge in [-0.25, -0.2) is 0 Å². The number of benzene rings is 2. The Kier molecular flexibility index (Phi) is 2.60. The van der Waals surface area contributed by atoms with Crippen LogP contribution in [0.4, 0.5) is 0 Å². The molecule has 5 heteroatoms. The second-order valence-electron chi connectivity index (χ2n) is 4.38. The van der Waals surface area contributed by atoms with Crippen molar-refractivity contribution in [2.45, 2.75) is 13.8 Å². The molecule has 0 radical (unpaired) electrons. The van der Waals surface area contributed by atoms with E-state index in [2.05, 4.69) is 15.9 Å². The van der Waals surface area contributed by atoms with Crippen LogP contribution in [0.2, 0.25) is 0 Å². The molecule has 4 nitrogen and oxygen atoms in total. The van der Waals surface area contributed by atoms with Crippen molar-refractivity contribution in [3.05, 3.63) is 33.8 Å². The lowest BCUT2D eigenvalue weighted by atomic mass is 10.1. The van der Waals surface area contributed by atoms with E-state index in [4.69, 9.17) is 9.47 Å². The molecule has 1 heterocycles. The van der Waals surface area contributed by atoms with Crippen LogP contribution in [0.3, 0.4) is 0 Å². The van der Waals surface area contributed by atoms with Crippen LogP contribution < -0.4 is 9.47 Å². The largest absolute Gasteiger partial charge is 0.504 e. The molecule has 0 saturated carbocycles. The van der Waals surface area contributed by atoms with Crippen molar-refractivity contribution >= 4 is 15.9 Å². The number of rotatable bonds is 0. The summed E-state index contributed by atoms with van der Waals surface area (Å²) >= 11 is 3.39. The summed E-state index contributed by atoms with van der Waals surface area (Å²) in [6.07, 6.45) is 0. The van der Waals surface area contributed by atoms with Crippen LogP contribution in [0.25, 0.3) is 0 Å². The third-order valence-corrected chi connectivity index (χ3v) is 3.79. The lowest BCUT2D eigenvalue weighted by Crippen LogP contribution is -2.03. The van der Waals surface area contributed by atoms with Crippen LogP contribution in [-0.2, 0) is 0 Å². The van der Waals surface area contributed by atoms with E-state index in [1.54, 1.807) is 19.9 Å². The average molecular weight is 323 g/mol. The van der Waals surface area contributed by atoms with E-state index in [1.165, 1.54) is 0 Å². The zero-order valence-electron chi connectivity index (χ0n) is 10.3. The fourth-order valence-electron chi connectivity index (χ4n) is 2.04. The summed E-state index contributed by atoms with van der Waals surface area (Å²) in [6.45, 7) is 3.33. The van der Waals surface area contributed by atoms with Crippen molar-refractivity contribution in [1.29, 1.82) is 0 Å². The molecule has 0 bridgehead atoms. The standard InChI is InChI=1S/C14H11BrO4/c1-6-10(16)11(17)7(2)13-12(6)18-9-5-3-4-8(15)14(9)19-13/h3-5,16-17H,1-2H3. The van der Waals surface area contributed by atoms with E-state index >= 15 is 0 Å². The minimum atomic E-state index is -0.185. The number of phenolic OH excluding ortho intramolecular Hbond substituents is 2. The lowest BCUT2D eigenvalue weighted by Gasteiger charge is -2.25. The summed E-state index contributed by atoms with van der Waals surface area (Å²) in [5, 5.41) is 19.7. The van der Waals surface area contributed by atoms with E-state index in [0.29, 0.717) is 34.1 Å². The van der Waals surface area contributed by atoms with Gasteiger partial charge in [-0.2, -0.15) is 0 Å². The maximum absolute atomic E-state index is 9.86. The van der Waals surface area contributed by atoms with E-state index < -0.39 is 0 Å². The SMILES string of the molecule is Cc1c(O)c(O)c(C)c2c1Oc1cccc(Br)c1O2. The zero-order valence-corrected chi connectivity index (χ0v) is 11.9. The van der Waals surface area contributed by atoms with Crippen molar-refractivity contribution in [2.24, 2.45) is 0 Å². The Hall–Kier alpha value is -1.88. The van der Waals surface area contributed by atoms with Gasteiger partial charge in [0.2, 0.25) is 0 Å². The molecule has 1 aliphatic heterocycles. The average Bonchev–Trinajstić information content (AvgIpc) is 2.42. The van der Waals surface area contributed by atoms with Gasteiger partial charge in [0.05, 0.1) is 4.47 Å². The first-order valence-corrected chi connectivity index (χ1v) is 6.49. The molecular weight excluding hydrogens is 312 g/mol. The zero-order chi connectivity index (χ0) is 13.7. The van der Waals surface area contributed by atoms with Gasteiger partial charge in [0.25, 0.3) is 0 Å². The van der Waals surface area contributed by atoms with Gasteiger partial charge in [-0.3, -0.25) is 0 Å². The van der Waals surface area contributed by atoms with Crippen LogP contribution >= 0.6 is 15.9 Å². The molecule has 0 spiro atoms. The molecule has 19 heavy (non-hydrogen) atoms. The number of aromatic hydroxyl groups is 2. The Morgan fingerprint density at radius 3 is 2.11 bits per heavy atom. The van der Waals surface area contributed by atoms with Crippen LogP contribution in [-0.4, -0.2) is 10.2 Å². The van der Waals surface area contributed by atoms with Crippen molar-refractivity contribution in [2.75, 3.05) is 0 Å². The monoisotopic (exact) mass is 322 g/mol. The van der Waals surface area contributed by atoms with Crippen LogP contribution in [0.15, 0.2) is 22.7 Å². The second-order valence-corrected chi connectivity index (χ2v) is 5.23. The van der Waals surface area contributed by atoms with Crippen molar-refractivity contribution < 1.29 is 19.7 Å². The predicted molar refractivity (Wildman–Crippen MR) is 73.5 cm³/mol. The predicted octanol–water partition coefficient (Wildman–Crippen LogP) is 4.38. The Labute approximate surface area is 118 Å². The second kappa shape index (κ2) is 4.06. The molecule has 0 fully saturated rings. The van der Waals surface area contributed by atoms with E-state index in [0.717, 1.165) is 4.47 Å². The fourth-order valence-corrected chi connectivity index (χ4v) is 2.47. The molecule has 1 aliphatic rings. The Bertz CT molecular complexity index is 695. The summed E-state index contributed by atoms with van der Waals surface area (Å²) < 4.78 is 12.4. The maximum atomic E-state index is 9.86. The fraction of sp³-hybridized carbons (Fsp3) is 0.143. The highest BCUT2D eigenvalue weighted by Gasteiger charge is 2.28. The molecule has 0 unspecified atom stereocenters. The highest BCUT2D eigenvalue weighted by atomic mass is 79.9. The molecule has 2 aromatic carbocycles. The first kappa shape index (κ1) is 12.2. The van der Waals surface area contributed by atoms with Gasteiger partial charge >= 0.3 is 0 Å². The molecule has 2 N–H and O–H groups in total. The van der Waals surface area contributed by atoms with Gasteiger partial charge in [-0.1, -0.05) is 6.07 Å². The molecule has 98 valence electrons. The molecule has 0 aliphatic carbocycles. The van der Waals surface area contributed by atoms with Gasteiger partial charge in [0.15, 0.2) is 34.5 Å². The maximum Gasteiger partial charge on any atom is 0.184 e. The van der Waals surface area contributed by atoms with Crippen molar-refractivity contribution in [3.63, 3.8) is 0 Å². The molecule has 0 aromatic heterocycles. The van der Waals surface area contributed by atoms with Gasteiger partial charge in [-0.15, -0.1) is 0 Å². The number of fused-ring (bicyclic) bond motifs is 2. The lowest BCUT2D eigenvalue weighted by molar-refractivity contribution is 0.338. The summed E-state index contributed by atoms with van der Waals surface area (Å²) in [4.78, 5) is 0. The summed E-state index contributed by atoms with van der Waals surface area (Å²) in [7, 11) is 0. The van der Waals surface area contributed by atoms with Crippen molar-refractivity contribution in [3.8, 4) is 34.5 Å². The topological polar surface area (TPSA) is 58.9 Å². The minimum absolute atomic E-state index is 0.182. The third kappa shape index (κ3) is 1.65. The van der Waals surface area contributed by atoms with Gasteiger partial charge in [0, 0.05) is 11.1 Å². The van der Waals surface area contributed by atoms with Crippen LogP contribution in [0.1, 0.15) is 11.1 Å². The molecule has 0 atom stereocenters. The quantitative estimate of drug-likeness (QED) is 0.603. The van der Waals surface area contributed by atoms with Gasteiger partial charge < -0.3 is 19.7 Å². The Morgan fingerprint density at radius 2 is 1.47 bits per heavy atom. The van der Waals surface area contributed by atoms with Crippen molar-refractivity contribution in [1.82, 2.24) is 0 Å². The number of hydrogen-bond donors (Lipinski definition) is 2. The number of phenols is 2. The highest BCUT2D eigenvalue weighted by molar-refractivity contribution is 9.10. The van der Waals surface area contributed by atoms with E-state index in [1.807, 2.05) is 12.1 Å². The van der Waals surface area contributed by atoms with Crippen LogP contribution in [0, 0.1) is 13.8 Å². The number of para-hydroxylation sites is 1. The van der Waals surface area contributed by atoms with Gasteiger partial charge in [0.1, 0.15) is 0 Å². The normalized spacial score (nSPS) is 12.2. The smallest absolute Gasteiger partial charge is 0.184 e. The Morgan fingerprint density at radius 1 is 0.895 bits per heavy atom. The molecule has 3 rings (SSSR count). The molecular formula is C14H11BrO4.